The minimum Gasteiger partial charge on any atom is -0.307 e. The van der Waals surface area contributed by atoms with Crippen LogP contribution >= 0.6 is 0 Å². The molecule has 2 nitrogen and oxygen atoms in total. The molecule has 13 heavy (non-hydrogen) atoms. The van der Waals surface area contributed by atoms with Gasteiger partial charge < -0.3 is 9.69 Å². The van der Waals surface area contributed by atoms with E-state index in [1.54, 1.807) is 0 Å². The molecule has 0 saturated carbocycles. The number of hydrogen-bond donors (Lipinski definition) is 0. The van der Waals surface area contributed by atoms with Gasteiger partial charge in [0.25, 0.3) is 0 Å². The predicted molar refractivity (Wildman–Crippen MR) is 61.2 cm³/mol. The molecule has 0 amide bonds. The number of rotatable bonds is 1. The normalized spacial score (nSPS) is 13.9. The summed E-state index contributed by atoms with van der Waals surface area (Å²) in [5.74, 6) is 0. The van der Waals surface area contributed by atoms with Crippen molar-refractivity contribution in [3.05, 3.63) is 0 Å². The van der Waals surface area contributed by atoms with Gasteiger partial charge >= 0.3 is 0 Å². The fourth-order valence-corrected chi connectivity index (χ4v) is 1.10. The largest absolute Gasteiger partial charge is 0.307 e. The Balaban J connectivity index is -0.000000144. The molecule has 2 heteroatoms. The standard InChI is InChI=1S/C6H13N.2C2H6.CH2O/c1-2-7-5-3-4-6-7;3*1-2/h2-6H2,1H3;2*1-2H3;1H2. The van der Waals surface area contributed by atoms with Crippen LogP contribution in [-0.2, 0) is 4.79 Å². The molecule has 1 heterocycles. The Labute approximate surface area is 84.3 Å². The van der Waals surface area contributed by atoms with Gasteiger partial charge in [0, 0.05) is 0 Å². The van der Waals surface area contributed by atoms with Gasteiger partial charge in [-0.3, -0.25) is 0 Å². The van der Waals surface area contributed by atoms with Crippen molar-refractivity contribution in [3.8, 4) is 0 Å². The van der Waals surface area contributed by atoms with Crippen LogP contribution in [0.4, 0.5) is 0 Å². The molecular formula is C11H27NO. The summed E-state index contributed by atoms with van der Waals surface area (Å²) in [5, 5.41) is 0. The highest BCUT2D eigenvalue weighted by Gasteiger charge is 2.06. The van der Waals surface area contributed by atoms with E-state index in [4.69, 9.17) is 4.79 Å². The van der Waals surface area contributed by atoms with Gasteiger partial charge in [0.15, 0.2) is 0 Å². The average Bonchev–Trinajstić information content (AvgIpc) is 2.79. The zero-order valence-electron chi connectivity index (χ0n) is 10.1. The first-order valence-electron chi connectivity index (χ1n) is 5.44. The van der Waals surface area contributed by atoms with Gasteiger partial charge in [-0.2, -0.15) is 0 Å². The average molecular weight is 189 g/mol. The molecule has 0 aromatic rings. The molecule has 1 aliphatic heterocycles. The van der Waals surface area contributed by atoms with E-state index in [-0.39, 0.29) is 0 Å². The van der Waals surface area contributed by atoms with Gasteiger partial charge in [-0.25, -0.2) is 0 Å². The van der Waals surface area contributed by atoms with E-state index in [1.807, 2.05) is 34.5 Å². The smallest absolute Gasteiger partial charge is 0.106 e. The van der Waals surface area contributed by atoms with E-state index >= 15 is 0 Å². The summed E-state index contributed by atoms with van der Waals surface area (Å²) in [6.07, 6.45) is 2.85. The minimum absolute atomic E-state index is 1.25. The molecule has 1 fully saturated rings. The number of likely N-dealkylation sites (tertiary alicyclic amines) is 1. The highest BCUT2D eigenvalue weighted by molar-refractivity contribution is 5.10. The van der Waals surface area contributed by atoms with Crippen LogP contribution in [0.2, 0.25) is 0 Å². The Morgan fingerprint density at radius 3 is 1.46 bits per heavy atom. The van der Waals surface area contributed by atoms with E-state index in [1.165, 1.54) is 32.5 Å². The Morgan fingerprint density at radius 1 is 1.00 bits per heavy atom. The van der Waals surface area contributed by atoms with Crippen LogP contribution in [0.25, 0.3) is 0 Å². The number of hydrogen-bond acceptors (Lipinski definition) is 2. The molecule has 0 bridgehead atoms. The summed E-state index contributed by atoms with van der Waals surface area (Å²) in [7, 11) is 0. The first-order valence-corrected chi connectivity index (χ1v) is 5.44. The molecule has 0 N–H and O–H groups in total. The first-order chi connectivity index (χ1) is 6.43. The molecule has 1 aliphatic rings. The SMILES string of the molecule is C=O.CC.CC.CCN1CCCC1. The molecular weight excluding hydrogens is 162 g/mol. The molecule has 1 saturated heterocycles. The lowest BCUT2D eigenvalue weighted by atomic mass is 10.4. The van der Waals surface area contributed by atoms with Crippen molar-refractivity contribution in [2.75, 3.05) is 19.6 Å². The van der Waals surface area contributed by atoms with E-state index < -0.39 is 0 Å². The van der Waals surface area contributed by atoms with Crippen molar-refractivity contribution in [3.63, 3.8) is 0 Å². The van der Waals surface area contributed by atoms with Crippen LogP contribution in [0.5, 0.6) is 0 Å². The van der Waals surface area contributed by atoms with Gasteiger partial charge in [-0.1, -0.05) is 34.6 Å². The van der Waals surface area contributed by atoms with Gasteiger partial charge in [0.05, 0.1) is 0 Å². The third-order valence-electron chi connectivity index (χ3n) is 1.65. The molecule has 0 atom stereocenters. The van der Waals surface area contributed by atoms with Crippen LogP contribution < -0.4 is 0 Å². The summed E-state index contributed by atoms with van der Waals surface area (Å²) >= 11 is 0. The lowest BCUT2D eigenvalue weighted by Crippen LogP contribution is -2.17. The Kier molecular flexibility index (Phi) is 32.0. The van der Waals surface area contributed by atoms with E-state index in [9.17, 15) is 0 Å². The molecule has 0 aliphatic carbocycles. The quantitative estimate of drug-likeness (QED) is 0.632. The van der Waals surface area contributed by atoms with Crippen LogP contribution in [0.1, 0.15) is 47.5 Å². The first kappa shape index (κ1) is 18.4. The highest BCUT2D eigenvalue weighted by atomic mass is 16.1. The van der Waals surface area contributed by atoms with Crippen molar-refractivity contribution in [2.45, 2.75) is 47.5 Å². The molecule has 0 spiro atoms. The Bertz CT molecular complexity index is 61.1. The van der Waals surface area contributed by atoms with Gasteiger partial charge in [0.1, 0.15) is 6.79 Å². The van der Waals surface area contributed by atoms with Crippen molar-refractivity contribution < 1.29 is 4.79 Å². The summed E-state index contributed by atoms with van der Waals surface area (Å²) in [6, 6.07) is 0. The fourth-order valence-electron chi connectivity index (χ4n) is 1.10. The molecule has 0 aromatic carbocycles. The van der Waals surface area contributed by atoms with Gasteiger partial charge in [0.2, 0.25) is 0 Å². The summed E-state index contributed by atoms with van der Waals surface area (Å²) in [4.78, 5) is 10.5. The third-order valence-corrected chi connectivity index (χ3v) is 1.65. The summed E-state index contributed by atoms with van der Waals surface area (Å²) in [6.45, 7) is 16.2. The Hall–Kier alpha value is -0.370. The number of carbonyl (C=O) groups excluding carboxylic acids is 1. The lowest BCUT2D eigenvalue weighted by molar-refractivity contribution is -0.0979. The zero-order chi connectivity index (χ0) is 11.1. The van der Waals surface area contributed by atoms with Crippen molar-refractivity contribution in [2.24, 2.45) is 0 Å². The maximum atomic E-state index is 8.00. The molecule has 0 radical (unpaired) electrons. The zero-order valence-corrected chi connectivity index (χ0v) is 10.1. The predicted octanol–water partition coefficient (Wildman–Crippen LogP) is 2.97. The van der Waals surface area contributed by atoms with Crippen LogP contribution in [0, 0.1) is 0 Å². The maximum Gasteiger partial charge on any atom is 0.106 e. The molecule has 0 aromatic heterocycles. The summed E-state index contributed by atoms with van der Waals surface area (Å²) < 4.78 is 0. The van der Waals surface area contributed by atoms with Crippen LogP contribution in [0.3, 0.4) is 0 Å². The summed E-state index contributed by atoms with van der Waals surface area (Å²) in [5.41, 5.74) is 0. The third kappa shape index (κ3) is 14.5. The maximum absolute atomic E-state index is 8.00. The second kappa shape index (κ2) is 22.6. The topological polar surface area (TPSA) is 20.3 Å². The lowest BCUT2D eigenvalue weighted by Gasteiger charge is -2.08. The molecule has 82 valence electrons. The fraction of sp³-hybridized carbons (Fsp3) is 0.909. The number of nitrogens with zero attached hydrogens (tertiary/aromatic N) is 1. The van der Waals surface area contributed by atoms with Crippen LogP contribution in [0.15, 0.2) is 0 Å². The second-order valence-corrected chi connectivity index (χ2v) is 2.14. The van der Waals surface area contributed by atoms with E-state index in [0.717, 1.165) is 0 Å². The van der Waals surface area contributed by atoms with Crippen molar-refractivity contribution >= 4 is 6.79 Å². The second-order valence-electron chi connectivity index (χ2n) is 2.14. The Morgan fingerprint density at radius 2 is 1.31 bits per heavy atom. The highest BCUT2D eigenvalue weighted by Crippen LogP contribution is 2.04. The minimum atomic E-state index is 1.25. The number of carbonyl (C=O) groups is 1. The van der Waals surface area contributed by atoms with Gasteiger partial charge in [-0.15, -0.1) is 0 Å². The van der Waals surface area contributed by atoms with Crippen molar-refractivity contribution in [1.29, 1.82) is 0 Å². The van der Waals surface area contributed by atoms with Gasteiger partial charge in [-0.05, 0) is 32.5 Å². The van der Waals surface area contributed by atoms with Crippen LogP contribution in [-0.4, -0.2) is 31.3 Å². The molecule has 0 unspecified atom stereocenters. The molecule has 1 rings (SSSR count). The van der Waals surface area contributed by atoms with E-state index in [2.05, 4.69) is 11.8 Å². The van der Waals surface area contributed by atoms with Crippen molar-refractivity contribution in [1.82, 2.24) is 4.90 Å². The monoisotopic (exact) mass is 189 g/mol. The van der Waals surface area contributed by atoms with E-state index in [0.29, 0.717) is 0 Å².